The molecule has 0 bridgehead atoms. The van der Waals surface area contributed by atoms with Crippen LogP contribution in [0, 0.1) is 6.92 Å². The molecule has 1 aromatic carbocycles. The van der Waals surface area contributed by atoms with Gasteiger partial charge in [-0.2, -0.15) is 0 Å². The van der Waals surface area contributed by atoms with Gasteiger partial charge in [-0.05, 0) is 0 Å². The fraction of sp³-hybridized carbons (Fsp3) is 0.600. The summed E-state index contributed by atoms with van der Waals surface area (Å²) in [7, 11) is -18.0. The molecule has 0 heterocycles. The monoisotopic (exact) mass is 466 g/mol. The van der Waals surface area contributed by atoms with Crippen LogP contribution in [-0.4, -0.2) is 53.8 Å². The number of phenols is 1. The van der Waals surface area contributed by atoms with E-state index in [1.165, 1.54) is 26.0 Å². The van der Waals surface area contributed by atoms with Gasteiger partial charge in [-0.25, -0.2) is 0 Å². The first kappa shape index (κ1) is 26.0. The third-order valence-corrected chi connectivity index (χ3v) is 15.3. The zero-order valence-corrected chi connectivity index (χ0v) is 19.4. The molecule has 0 spiro atoms. The van der Waals surface area contributed by atoms with Crippen molar-refractivity contribution in [1.29, 1.82) is 0 Å². The molecule has 0 aliphatic carbocycles. The Labute approximate surface area is 165 Å². The van der Waals surface area contributed by atoms with E-state index in [4.69, 9.17) is 0 Å². The molecule has 0 saturated heterocycles. The van der Waals surface area contributed by atoms with Crippen LogP contribution in [0.3, 0.4) is 0 Å². The van der Waals surface area contributed by atoms with Gasteiger partial charge >= 0.3 is 165 Å². The first-order valence-electron chi connectivity index (χ1n) is 8.58. The van der Waals surface area contributed by atoms with Gasteiger partial charge in [0.1, 0.15) is 0 Å². The van der Waals surface area contributed by atoms with Crippen molar-refractivity contribution in [3.05, 3.63) is 28.8 Å². The van der Waals surface area contributed by atoms with E-state index in [0.29, 0.717) is 11.1 Å². The molecule has 1 unspecified atom stereocenters. The third kappa shape index (κ3) is 4.35. The number of hydrogen-bond donors (Lipinski definition) is 10. The molecule has 168 valence electrons. The van der Waals surface area contributed by atoms with Crippen molar-refractivity contribution in [3.63, 3.8) is 0 Å². The fourth-order valence-electron chi connectivity index (χ4n) is 3.75. The summed E-state index contributed by atoms with van der Waals surface area (Å²) in [5, 5.41) is 10.4. The number of benzene rings is 1. The average molecular weight is 466 g/mol. The van der Waals surface area contributed by atoms with Gasteiger partial charge < -0.3 is 0 Å². The maximum absolute atomic E-state index is 10.4. The number of aryl methyl sites for hydroxylation is 1. The maximum atomic E-state index is 10.4. The molecule has 0 aromatic heterocycles. The van der Waals surface area contributed by atoms with Crippen molar-refractivity contribution in [2.24, 2.45) is 0 Å². The summed E-state index contributed by atoms with van der Waals surface area (Å²) in [5.41, 5.74) is 0.104. The molecular formula is C15H33O10P3. The second-order valence-electron chi connectivity index (χ2n) is 8.16. The minimum atomic E-state index is -6.01. The van der Waals surface area contributed by atoms with Gasteiger partial charge in [0, 0.05) is 0 Å². The Bertz CT molecular complexity index is 677. The molecule has 0 aliphatic rings. The molecule has 28 heavy (non-hydrogen) atoms. The van der Waals surface area contributed by atoms with E-state index < -0.39 is 39.8 Å². The standard InChI is InChI=1S/C15H33O10P3/c1-6-11(10-7-9(2)13(16)12(8-10)14(3,4)5)15(26(17,18)19,27(20,21)22)28(23,24)25/h7-8,11,16-28H,6H2,1-5H3. The van der Waals surface area contributed by atoms with E-state index in [0.717, 1.165) is 0 Å². The summed E-state index contributed by atoms with van der Waals surface area (Å²) in [6, 6.07) is 2.68. The van der Waals surface area contributed by atoms with E-state index in [1.54, 1.807) is 20.8 Å². The Kier molecular flexibility index (Phi) is 7.33. The summed E-state index contributed by atoms with van der Waals surface area (Å²) in [5.74, 6) is -1.74. The Morgan fingerprint density at radius 2 is 1.21 bits per heavy atom. The van der Waals surface area contributed by atoms with E-state index in [-0.39, 0.29) is 17.7 Å². The van der Waals surface area contributed by atoms with E-state index in [2.05, 4.69) is 0 Å². The summed E-state index contributed by atoms with van der Waals surface area (Å²) in [6.45, 7) is 8.24. The molecule has 0 saturated carbocycles. The molecule has 10 N–H and O–H groups in total. The Balaban J connectivity index is 4.02. The summed E-state index contributed by atoms with van der Waals surface area (Å²) in [6.07, 6.45) is -0.253. The summed E-state index contributed by atoms with van der Waals surface area (Å²) in [4.78, 5) is 90.2. The average Bonchev–Trinajstić information content (AvgIpc) is 2.41. The Morgan fingerprint density at radius 1 is 0.821 bits per heavy atom. The van der Waals surface area contributed by atoms with Crippen molar-refractivity contribution in [1.82, 2.24) is 0 Å². The Hall–Kier alpha value is -0.0500. The molecule has 1 aromatic rings. The van der Waals surface area contributed by atoms with Crippen LogP contribution in [0.25, 0.3) is 0 Å². The van der Waals surface area contributed by atoms with Crippen LogP contribution in [0.5, 0.6) is 5.75 Å². The predicted octanol–water partition coefficient (Wildman–Crippen LogP) is 0.561. The van der Waals surface area contributed by atoms with Crippen LogP contribution < -0.4 is 0 Å². The molecule has 0 fully saturated rings. The van der Waals surface area contributed by atoms with Crippen molar-refractivity contribution >= 4 is 23.8 Å². The van der Waals surface area contributed by atoms with Crippen molar-refractivity contribution in [2.75, 3.05) is 0 Å². The number of hydrogen-bond acceptors (Lipinski definition) is 10. The number of phenolic OH excluding ortho intramolecular Hbond substituents is 1. The van der Waals surface area contributed by atoms with Crippen LogP contribution >= 0.6 is 23.8 Å². The van der Waals surface area contributed by atoms with E-state index in [1.807, 2.05) is 0 Å². The van der Waals surface area contributed by atoms with Gasteiger partial charge in [-0.1, -0.05) is 0 Å². The third-order valence-electron chi connectivity index (χ3n) is 5.05. The second kappa shape index (κ2) is 7.89. The molecule has 0 amide bonds. The van der Waals surface area contributed by atoms with E-state index >= 15 is 0 Å². The first-order chi connectivity index (χ1) is 12.2. The van der Waals surface area contributed by atoms with Crippen LogP contribution in [0.1, 0.15) is 56.7 Å². The topological polar surface area (TPSA) is 202 Å². The van der Waals surface area contributed by atoms with Crippen LogP contribution in [0.15, 0.2) is 12.1 Å². The van der Waals surface area contributed by atoms with Crippen molar-refractivity contribution in [2.45, 2.75) is 57.0 Å². The van der Waals surface area contributed by atoms with Crippen LogP contribution in [-0.2, 0) is 5.41 Å². The van der Waals surface area contributed by atoms with Crippen LogP contribution in [0.4, 0.5) is 0 Å². The van der Waals surface area contributed by atoms with Crippen molar-refractivity contribution in [3.8, 4) is 5.75 Å². The van der Waals surface area contributed by atoms with Gasteiger partial charge in [0.05, 0.1) is 0 Å². The molecule has 13 heteroatoms. The molecule has 0 aliphatic heterocycles. The van der Waals surface area contributed by atoms with Gasteiger partial charge in [0.2, 0.25) is 0 Å². The quantitative estimate of drug-likeness (QED) is 0.264. The van der Waals surface area contributed by atoms with Gasteiger partial charge in [-0.3, -0.25) is 0 Å². The summed E-state index contributed by atoms with van der Waals surface area (Å²) >= 11 is 0. The first-order valence-corrected chi connectivity index (χ1v) is 14.1. The van der Waals surface area contributed by atoms with Crippen molar-refractivity contribution < 1.29 is 49.1 Å². The zero-order chi connectivity index (χ0) is 22.5. The second-order valence-corrected chi connectivity index (χ2v) is 15.8. The van der Waals surface area contributed by atoms with Gasteiger partial charge in [0.15, 0.2) is 0 Å². The minimum absolute atomic E-state index is 0.0415. The molecule has 10 nitrogen and oxygen atoms in total. The molecule has 1 rings (SSSR count). The SMILES string of the molecule is CCC(c1cc(C)c(O)c(C(C)(C)C)c1)C([PH](O)(O)O)([PH](O)(O)O)[PH](O)(O)O. The molecule has 0 radical (unpaired) electrons. The fourth-order valence-corrected chi connectivity index (χ4v) is 11.7. The summed E-state index contributed by atoms with van der Waals surface area (Å²) < 4.78 is -3.53. The van der Waals surface area contributed by atoms with Gasteiger partial charge in [0.25, 0.3) is 0 Å². The molecule has 1 atom stereocenters. The number of aromatic hydroxyl groups is 1. The normalized spacial score (nSPS) is 19.1. The zero-order valence-electron chi connectivity index (χ0n) is 16.4. The number of rotatable bonds is 6. The molecular weight excluding hydrogens is 433 g/mol. The Morgan fingerprint density at radius 3 is 1.50 bits per heavy atom. The van der Waals surface area contributed by atoms with E-state index in [9.17, 15) is 49.1 Å². The predicted molar refractivity (Wildman–Crippen MR) is 112 cm³/mol. The van der Waals surface area contributed by atoms with Gasteiger partial charge in [-0.15, -0.1) is 0 Å². The van der Waals surface area contributed by atoms with Crippen LogP contribution in [0.2, 0.25) is 0 Å².